The van der Waals surface area contributed by atoms with Gasteiger partial charge in [0.15, 0.2) is 10.9 Å². The highest BCUT2D eigenvalue weighted by molar-refractivity contribution is 7.91. The molecule has 5 aliphatic rings. The first-order chi connectivity index (χ1) is 29.9. The smallest absolute Gasteiger partial charge is 0.408 e. The number of hydrogen-bond donors (Lipinski definition) is 2. The molecule has 5 atom stereocenters. The number of hydrogen-bond acceptors (Lipinski definition) is 13. The molecule has 18 heteroatoms. The Labute approximate surface area is 373 Å². The molecule has 3 aliphatic heterocycles. The summed E-state index contributed by atoms with van der Waals surface area (Å²) in [6, 6.07) is 4.18. The van der Waals surface area contributed by atoms with Crippen LogP contribution >= 0.6 is 11.3 Å². The van der Waals surface area contributed by atoms with Crippen molar-refractivity contribution in [1.29, 1.82) is 0 Å². The Morgan fingerprint density at radius 2 is 1.83 bits per heavy atom. The highest BCUT2D eigenvalue weighted by Gasteiger charge is 2.62. The van der Waals surface area contributed by atoms with Crippen molar-refractivity contribution in [2.75, 3.05) is 37.7 Å². The summed E-state index contributed by atoms with van der Waals surface area (Å²) in [6.07, 6.45) is 6.81. The summed E-state index contributed by atoms with van der Waals surface area (Å²) in [5.41, 5.74) is 1.10. The van der Waals surface area contributed by atoms with Crippen LogP contribution < -0.4 is 19.7 Å². The van der Waals surface area contributed by atoms with Crippen molar-refractivity contribution in [2.45, 2.75) is 140 Å². The van der Waals surface area contributed by atoms with E-state index in [-0.39, 0.29) is 37.1 Å². The molecule has 2 aliphatic carbocycles. The number of aromatic nitrogens is 3. The van der Waals surface area contributed by atoms with Crippen LogP contribution in [0.1, 0.15) is 112 Å². The number of carbonyl (C=O) groups excluding carboxylic acids is 4. The maximum atomic E-state index is 14.8. The molecule has 2 saturated carbocycles. The van der Waals surface area contributed by atoms with Gasteiger partial charge in [-0.2, -0.15) is 4.98 Å². The lowest BCUT2D eigenvalue weighted by molar-refractivity contribution is -0.140. The van der Waals surface area contributed by atoms with Crippen molar-refractivity contribution in [1.82, 2.24) is 29.5 Å². The molecule has 0 bridgehead atoms. The molecule has 8 rings (SSSR count). The number of para-hydroxylation sites is 1. The fraction of sp³-hybridized carbons (Fsp3) is 0.644. The molecule has 5 heterocycles. The van der Waals surface area contributed by atoms with Gasteiger partial charge in [0.25, 0.3) is 6.01 Å². The highest BCUT2D eigenvalue weighted by Crippen LogP contribution is 2.57. The van der Waals surface area contributed by atoms with Gasteiger partial charge in [-0.1, -0.05) is 37.1 Å². The van der Waals surface area contributed by atoms with E-state index in [0.29, 0.717) is 63.3 Å². The number of fused-ring (bicyclic) bond motifs is 3. The molecule has 2 N–H and O–H groups in total. The van der Waals surface area contributed by atoms with Crippen LogP contribution in [0.3, 0.4) is 0 Å². The second-order valence-corrected chi connectivity index (χ2v) is 22.4. The van der Waals surface area contributed by atoms with Gasteiger partial charge in [-0.05, 0) is 92.1 Å². The number of morpholine rings is 1. The van der Waals surface area contributed by atoms with Crippen molar-refractivity contribution in [2.24, 2.45) is 11.3 Å². The van der Waals surface area contributed by atoms with Gasteiger partial charge in [-0.15, -0.1) is 11.3 Å². The Bertz CT molecular complexity index is 2380. The SMILES string of the molecule is CC(C)n1c(O[C@@H]2C[C@H]3C(=O)C[C@]4(C(=O)NS(=O)(=O)C5(C)CC5)C[C@@H]4/C=C\CCCCC[C@H](NC(=O)OC(C)(C)C)C(=O)N3C2)nc2c(-c3csc(N4CCOCC4)n3)cccc21. The molecule has 2 saturated heterocycles. The van der Waals surface area contributed by atoms with Crippen molar-refractivity contribution in [3.8, 4) is 17.3 Å². The van der Waals surface area contributed by atoms with Gasteiger partial charge in [0.1, 0.15) is 23.3 Å². The normalized spacial score (nSPS) is 27.2. The Hall–Kier alpha value is -4.55. The summed E-state index contributed by atoms with van der Waals surface area (Å²) in [7, 11) is -3.97. The molecule has 1 aromatic carbocycles. The summed E-state index contributed by atoms with van der Waals surface area (Å²) >= 11 is 1.58. The Morgan fingerprint density at radius 3 is 2.54 bits per heavy atom. The van der Waals surface area contributed by atoms with Gasteiger partial charge >= 0.3 is 6.09 Å². The molecule has 0 unspecified atom stereocenters. The molecule has 3 aromatic rings. The number of anilines is 1. The van der Waals surface area contributed by atoms with E-state index in [1.807, 2.05) is 54.1 Å². The first-order valence-corrected chi connectivity index (χ1v) is 24.8. The van der Waals surface area contributed by atoms with E-state index in [2.05, 4.69) is 14.9 Å². The van der Waals surface area contributed by atoms with Crippen LogP contribution in [-0.4, -0.2) is 113 Å². The molecule has 3 amide bonds. The lowest BCUT2D eigenvalue weighted by atomic mass is 9.91. The van der Waals surface area contributed by atoms with Gasteiger partial charge in [-0.25, -0.2) is 18.2 Å². The Kier molecular flexibility index (Phi) is 12.5. The minimum atomic E-state index is -3.97. The van der Waals surface area contributed by atoms with Gasteiger partial charge in [0, 0.05) is 42.9 Å². The van der Waals surface area contributed by atoms with Crippen LogP contribution in [0.5, 0.6) is 6.01 Å². The van der Waals surface area contributed by atoms with E-state index in [1.165, 1.54) is 4.90 Å². The first-order valence-electron chi connectivity index (χ1n) is 22.4. The van der Waals surface area contributed by atoms with E-state index < -0.39 is 61.9 Å². The summed E-state index contributed by atoms with van der Waals surface area (Å²) in [4.78, 5) is 70.6. The number of nitrogens with one attached hydrogen (secondary N) is 2. The number of sulfonamides is 1. The van der Waals surface area contributed by atoms with E-state index in [1.54, 1.807) is 39.0 Å². The summed E-state index contributed by atoms with van der Waals surface area (Å²) < 4.78 is 47.8. The van der Waals surface area contributed by atoms with Crippen molar-refractivity contribution < 1.29 is 41.8 Å². The van der Waals surface area contributed by atoms with Gasteiger partial charge in [0.2, 0.25) is 21.8 Å². The molecule has 2 aromatic heterocycles. The predicted octanol–water partition coefficient (Wildman–Crippen LogP) is 6.30. The lowest BCUT2D eigenvalue weighted by Gasteiger charge is -2.30. The Morgan fingerprint density at radius 1 is 1.06 bits per heavy atom. The zero-order valence-electron chi connectivity index (χ0n) is 37.2. The van der Waals surface area contributed by atoms with Crippen LogP contribution in [0.2, 0.25) is 0 Å². The third-order valence-corrected chi connectivity index (χ3v) is 16.1. The van der Waals surface area contributed by atoms with Gasteiger partial charge in [0.05, 0.1) is 47.2 Å². The lowest BCUT2D eigenvalue weighted by Crippen LogP contribution is -2.53. The Balaban J connectivity index is 1.11. The first kappa shape index (κ1) is 45.0. The fourth-order valence-electron chi connectivity index (χ4n) is 9.06. The largest absolute Gasteiger partial charge is 0.459 e. The number of imidazole rings is 1. The molecular formula is C45H61N7O9S2. The zero-order valence-corrected chi connectivity index (χ0v) is 38.8. The maximum absolute atomic E-state index is 14.8. The number of ketones is 1. The molecular weight excluding hydrogens is 847 g/mol. The van der Waals surface area contributed by atoms with E-state index in [0.717, 1.165) is 47.8 Å². The number of benzene rings is 1. The number of ether oxygens (including phenoxy) is 3. The molecule has 4 fully saturated rings. The molecule has 0 radical (unpaired) electrons. The fourth-order valence-corrected chi connectivity index (χ4v) is 11.3. The number of thiazole rings is 1. The minimum Gasteiger partial charge on any atom is -0.459 e. The second kappa shape index (κ2) is 17.4. The number of amides is 3. The quantitative estimate of drug-likeness (QED) is 0.228. The van der Waals surface area contributed by atoms with Gasteiger partial charge in [-0.3, -0.25) is 23.7 Å². The monoisotopic (exact) mass is 907 g/mol. The highest BCUT2D eigenvalue weighted by atomic mass is 32.2. The summed E-state index contributed by atoms with van der Waals surface area (Å²) in [5.74, 6) is -1.85. The average molecular weight is 908 g/mol. The standard InChI is InChI=1S/C45H61N7O9S2/c1-28(2)52-34-16-12-14-31(33-27-62-41(46-33)50-19-21-59-22-20-50)37(34)48-40(52)60-30-23-35-36(53)25-45(39(55)49-63(57,58)44(6)17-18-44)24-29(45)13-10-8-7-9-11-15-32(38(54)51(35)26-30)47-42(56)61-43(3,4)5/h10,12-14,16,27-30,32,35H,7-9,11,15,17-26H2,1-6H3,(H,47,56)(H,49,55)/b13-10-/t29-,30+,32-,35-,45+/m0/s1. The van der Waals surface area contributed by atoms with Crippen molar-refractivity contribution in [3.63, 3.8) is 0 Å². The minimum absolute atomic E-state index is 0.0140. The summed E-state index contributed by atoms with van der Waals surface area (Å²) in [5, 5.41) is 5.75. The topological polar surface area (TPSA) is 191 Å². The van der Waals surface area contributed by atoms with E-state index in [4.69, 9.17) is 24.2 Å². The van der Waals surface area contributed by atoms with Crippen LogP contribution in [0.4, 0.5) is 9.93 Å². The number of Topliss-reactive ketones (excluding diaryl/α,β-unsaturated/α-hetero) is 1. The number of nitrogens with zero attached hydrogens (tertiary/aromatic N) is 5. The molecule has 342 valence electrons. The number of alkyl carbamates (subject to hydrolysis) is 1. The zero-order chi connectivity index (χ0) is 44.9. The molecule has 0 spiro atoms. The predicted molar refractivity (Wildman–Crippen MR) is 239 cm³/mol. The van der Waals surface area contributed by atoms with E-state index in [9.17, 15) is 27.6 Å². The third kappa shape index (κ3) is 9.49. The second-order valence-electron chi connectivity index (χ2n) is 19.4. The van der Waals surface area contributed by atoms with Crippen LogP contribution in [0.15, 0.2) is 35.7 Å². The van der Waals surface area contributed by atoms with Crippen LogP contribution in [0.25, 0.3) is 22.3 Å². The van der Waals surface area contributed by atoms with Crippen LogP contribution in [-0.2, 0) is 33.9 Å². The van der Waals surface area contributed by atoms with Crippen molar-refractivity contribution >= 4 is 61.2 Å². The molecule has 16 nitrogen and oxygen atoms in total. The van der Waals surface area contributed by atoms with E-state index >= 15 is 0 Å². The van der Waals surface area contributed by atoms with Crippen LogP contribution in [0, 0.1) is 11.3 Å². The number of allylic oxidation sites excluding steroid dienone is 2. The summed E-state index contributed by atoms with van der Waals surface area (Å²) in [6.45, 7) is 13.8. The number of carbonyl (C=O) groups is 4. The molecule has 63 heavy (non-hydrogen) atoms. The van der Waals surface area contributed by atoms with Gasteiger partial charge < -0.3 is 29.3 Å². The number of rotatable bonds is 9. The maximum Gasteiger partial charge on any atom is 0.408 e. The van der Waals surface area contributed by atoms with Crippen molar-refractivity contribution in [3.05, 3.63) is 35.7 Å². The third-order valence-electron chi connectivity index (χ3n) is 13.1. The average Bonchev–Trinajstić information content (AvgIpc) is 3.89.